The van der Waals surface area contributed by atoms with Gasteiger partial charge in [-0.25, -0.2) is 14.4 Å². The summed E-state index contributed by atoms with van der Waals surface area (Å²) < 4.78 is 26.4. The summed E-state index contributed by atoms with van der Waals surface area (Å²) in [6.07, 6.45) is 0.619. The molecular formula is C24H28N2O8. The zero-order valence-electron chi connectivity index (χ0n) is 20.1. The summed E-state index contributed by atoms with van der Waals surface area (Å²) in [5.41, 5.74) is 1.19. The maximum Gasteiger partial charge on any atom is 0.342 e. The Labute approximate surface area is 197 Å². The molecule has 0 saturated carbocycles. The first-order valence-corrected chi connectivity index (χ1v) is 10.6. The summed E-state index contributed by atoms with van der Waals surface area (Å²) in [4.78, 5) is 45.3. The quantitative estimate of drug-likeness (QED) is 0.323. The molecule has 3 rings (SSSR count). The van der Waals surface area contributed by atoms with Gasteiger partial charge in [0.15, 0.2) is 11.5 Å². The Morgan fingerprint density at radius 1 is 0.941 bits per heavy atom. The van der Waals surface area contributed by atoms with E-state index in [9.17, 15) is 14.4 Å². The minimum absolute atomic E-state index is 0.0225. The van der Waals surface area contributed by atoms with Gasteiger partial charge in [-0.1, -0.05) is 0 Å². The number of pyridine rings is 1. The van der Waals surface area contributed by atoms with Crippen molar-refractivity contribution in [2.24, 2.45) is 0 Å². The standard InChI is InChI=1S/C24H28N2O8/c1-13-17(22(27)30-5)19(18(14(2)25-13)24(29)32-11-7-10-26(3)4)15-8-9-16-21(34-12-33-16)20(15)23(28)31-6/h8-9H,7,10-12H2,1-6H3. The molecule has 182 valence electrons. The lowest BCUT2D eigenvalue weighted by atomic mass is 9.89. The number of ether oxygens (including phenoxy) is 5. The van der Waals surface area contributed by atoms with E-state index in [1.807, 2.05) is 19.0 Å². The van der Waals surface area contributed by atoms with Crippen LogP contribution in [-0.4, -0.2) is 76.1 Å². The molecule has 2 heterocycles. The van der Waals surface area contributed by atoms with Crippen molar-refractivity contribution in [2.45, 2.75) is 20.3 Å². The molecule has 0 unspecified atom stereocenters. The number of fused-ring (bicyclic) bond motifs is 1. The molecule has 1 aliphatic rings. The molecule has 0 N–H and O–H groups in total. The van der Waals surface area contributed by atoms with Crippen LogP contribution in [0.3, 0.4) is 0 Å². The average molecular weight is 472 g/mol. The Balaban J connectivity index is 2.27. The molecule has 0 saturated heterocycles. The number of benzene rings is 1. The number of carbonyl (C=O) groups is 3. The van der Waals surface area contributed by atoms with E-state index in [0.29, 0.717) is 23.6 Å². The highest BCUT2D eigenvalue weighted by molar-refractivity contribution is 6.11. The second kappa shape index (κ2) is 10.5. The summed E-state index contributed by atoms with van der Waals surface area (Å²) in [6.45, 7) is 4.08. The first-order chi connectivity index (χ1) is 16.2. The zero-order chi connectivity index (χ0) is 25.0. The van der Waals surface area contributed by atoms with Gasteiger partial charge in [0.2, 0.25) is 6.79 Å². The van der Waals surface area contributed by atoms with Crippen molar-refractivity contribution in [3.8, 4) is 22.6 Å². The van der Waals surface area contributed by atoms with Gasteiger partial charge < -0.3 is 28.6 Å². The molecule has 10 heteroatoms. The van der Waals surface area contributed by atoms with Crippen molar-refractivity contribution in [1.82, 2.24) is 9.88 Å². The minimum Gasteiger partial charge on any atom is -0.465 e. The highest BCUT2D eigenvalue weighted by Crippen LogP contribution is 2.44. The third-order valence-corrected chi connectivity index (χ3v) is 5.33. The molecule has 0 radical (unpaired) electrons. The predicted molar refractivity (Wildman–Crippen MR) is 121 cm³/mol. The van der Waals surface area contributed by atoms with E-state index in [4.69, 9.17) is 23.7 Å². The summed E-state index contributed by atoms with van der Waals surface area (Å²) in [5, 5.41) is 0. The van der Waals surface area contributed by atoms with Crippen molar-refractivity contribution >= 4 is 17.9 Å². The predicted octanol–water partition coefficient (Wildman–Crippen LogP) is 2.78. The average Bonchev–Trinajstić information content (AvgIpc) is 3.28. The third-order valence-electron chi connectivity index (χ3n) is 5.33. The monoisotopic (exact) mass is 472 g/mol. The van der Waals surface area contributed by atoms with E-state index in [1.165, 1.54) is 14.2 Å². The Kier molecular flexibility index (Phi) is 7.72. The molecule has 0 atom stereocenters. The topological polar surface area (TPSA) is 113 Å². The molecule has 0 amide bonds. The zero-order valence-corrected chi connectivity index (χ0v) is 20.1. The molecule has 34 heavy (non-hydrogen) atoms. The second-order valence-electron chi connectivity index (χ2n) is 7.91. The van der Waals surface area contributed by atoms with Crippen molar-refractivity contribution < 1.29 is 38.1 Å². The Morgan fingerprint density at radius 2 is 1.56 bits per heavy atom. The molecule has 1 aromatic heterocycles. The number of hydrogen-bond acceptors (Lipinski definition) is 10. The van der Waals surface area contributed by atoms with E-state index in [0.717, 1.165) is 6.54 Å². The largest absolute Gasteiger partial charge is 0.465 e. The normalized spacial score (nSPS) is 12.0. The highest BCUT2D eigenvalue weighted by Gasteiger charge is 2.34. The molecule has 1 aliphatic heterocycles. The van der Waals surface area contributed by atoms with Crippen LogP contribution in [0.4, 0.5) is 0 Å². The van der Waals surface area contributed by atoms with Crippen LogP contribution < -0.4 is 9.47 Å². The van der Waals surface area contributed by atoms with E-state index < -0.39 is 17.9 Å². The smallest absolute Gasteiger partial charge is 0.342 e. The lowest BCUT2D eigenvalue weighted by Crippen LogP contribution is -2.20. The van der Waals surface area contributed by atoms with Gasteiger partial charge in [0, 0.05) is 17.7 Å². The number of methoxy groups -OCH3 is 2. The first-order valence-electron chi connectivity index (χ1n) is 10.6. The fourth-order valence-electron chi connectivity index (χ4n) is 3.82. The third kappa shape index (κ3) is 4.81. The van der Waals surface area contributed by atoms with E-state index in [2.05, 4.69) is 4.98 Å². The Bertz CT molecular complexity index is 1130. The number of aromatic nitrogens is 1. The minimum atomic E-state index is -0.717. The van der Waals surface area contributed by atoms with Crippen molar-refractivity contribution in [2.75, 3.05) is 48.3 Å². The number of rotatable bonds is 8. The lowest BCUT2D eigenvalue weighted by Gasteiger charge is -2.20. The van der Waals surface area contributed by atoms with Crippen LogP contribution in [-0.2, 0) is 14.2 Å². The van der Waals surface area contributed by atoms with Gasteiger partial charge in [-0.3, -0.25) is 4.98 Å². The molecule has 2 aromatic rings. The van der Waals surface area contributed by atoms with Crippen LogP contribution in [0.5, 0.6) is 11.5 Å². The Hall–Kier alpha value is -3.66. The number of esters is 3. The van der Waals surface area contributed by atoms with E-state index >= 15 is 0 Å². The first kappa shape index (κ1) is 25.0. The fourth-order valence-corrected chi connectivity index (χ4v) is 3.82. The Morgan fingerprint density at radius 3 is 2.18 bits per heavy atom. The van der Waals surface area contributed by atoms with Crippen LogP contribution >= 0.6 is 0 Å². The molecule has 1 aromatic carbocycles. The van der Waals surface area contributed by atoms with Crippen LogP contribution in [0.15, 0.2) is 12.1 Å². The summed E-state index contributed by atoms with van der Waals surface area (Å²) in [6, 6.07) is 3.17. The molecule has 0 fully saturated rings. The van der Waals surface area contributed by atoms with Gasteiger partial charge in [0.05, 0.1) is 43.3 Å². The van der Waals surface area contributed by atoms with Crippen LogP contribution in [0.2, 0.25) is 0 Å². The molecule has 10 nitrogen and oxygen atoms in total. The number of aryl methyl sites for hydroxylation is 2. The van der Waals surface area contributed by atoms with Crippen molar-refractivity contribution in [3.05, 3.63) is 40.2 Å². The summed E-state index contributed by atoms with van der Waals surface area (Å²) >= 11 is 0. The number of nitrogens with zero attached hydrogens (tertiary/aromatic N) is 2. The van der Waals surface area contributed by atoms with Crippen molar-refractivity contribution in [3.63, 3.8) is 0 Å². The maximum atomic E-state index is 13.3. The van der Waals surface area contributed by atoms with Gasteiger partial charge in [0.25, 0.3) is 0 Å². The second-order valence-corrected chi connectivity index (χ2v) is 7.91. The van der Waals surface area contributed by atoms with Gasteiger partial charge in [-0.15, -0.1) is 0 Å². The highest BCUT2D eigenvalue weighted by atomic mass is 16.7. The number of hydrogen-bond donors (Lipinski definition) is 0. The van der Waals surface area contributed by atoms with E-state index in [-0.39, 0.29) is 47.0 Å². The molecule has 0 spiro atoms. The summed E-state index contributed by atoms with van der Waals surface area (Å²) in [7, 11) is 6.30. The van der Waals surface area contributed by atoms with Crippen LogP contribution in [0.1, 0.15) is 48.9 Å². The number of carbonyl (C=O) groups excluding carboxylic acids is 3. The van der Waals surface area contributed by atoms with Crippen molar-refractivity contribution in [1.29, 1.82) is 0 Å². The van der Waals surface area contributed by atoms with Gasteiger partial charge in [-0.2, -0.15) is 0 Å². The fraction of sp³-hybridized carbons (Fsp3) is 0.417. The maximum absolute atomic E-state index is 13.3. The van der Waals surface area contributed by atoms with Crippen LogP contribution in [0, 0.1) is 13.8 Å². The van der Waals surface area contributed by atoms with Gasteiger partial charge in [-0.05, 0) is 46.5 Å². The van der Waals surface area contributed by atoms with Gasteiger partial charge >= 0.3 is 17.9 Å². The van der Waals surface area contributed by atoms with Crippen LogP contribution in [0.25, 0.3) is 11.1 Å². The SMILES string of the molecule is COC(=O)c1c(-c2c(C(=O)OC)c(C)nc(C)c2C(=O)OCCCN(C)C)ccc2c1OCO2. The molecule has 0 bridgehead atoms. The molecule has 0 aliphatic carbocycles. The van der Waals surface area contributed by atoms with E-state index in [1.54, 1.807) is 26.0 Å². The molecular weight excluding hydrogens is 444 g/mol. The lowest BCUT2D eigenvalue weighted by molar-refractivity contribution is 0.0491. The summed E-state index contributed by atoms with van der Waals surface area (Å²) in [5.74, 6) is -1.59. The van der Waals surface area contributed by atoms with Gasteiger partial charge in [0.1, 0.15) is 5.56 Å².